The van der Waals surface area contributed by atoms with Crippen LogP contribution in [0.4, 0.5) is 8.78 Å². The van der Waals surface area contributed by atoms with Crippen LogP contribution in [0.25, 0.3) is 0 Å². The third kappa shape index (κ3) is 2.19. The normalized spacial score (nSPS) is 13.6. The molecule has 1 heterocycles. The van der Waals surface area contributed by atoms with Crippen molar-refractivity contribution >= 4 is 5.97 Å². The zero-order chi connectivity index (χ0) is 12.3. The first-order valence-corrected chi connectivity index (χ1v) is 4.60. The maximum absolute atomic E-state index is 13.4. The van der Waals surface area contributed by atoms with E-state index in [4.69, 9.17) is 0 Å². The Morgan fingerprint density at radius 3 is 2.81 bits per heavy atom. The van der Waals surface area contributed by atoms with E-state index in [1.165, 1.54) is 24.9 Å². The summed E-state index contributed by atoms with van der Waals surface area (Å²) in [4.78, 5) is 14.5. The van der Waals surface area contributed by atoms with Gasteiger partial charge in [0.2, 0.25) is 0 Å². The second kappa shape index (κ2) is 4.56. The molecule has 0 spiro atoms. The maximum Gasteiger partial charge on any atom is 0.380 e. The molecule has 0 aliphatic heterocycles. The fourth-order valence-corrected chi connectivity index (χ4v) is 1.16. The summed E-state index contributed by atoms with van der Waals surface area (Å²) in [7, 11) is 1.44. The van der Waals surface area contributed by atoms with Crippen LogP contribution in [0.15, 0.2) is 12.5 Å². The molecule has 5 nitrogen and oxygen atoms in total. The molecule has 1 aromatic heterocycles. The molecule has 0 aliphatic rings. The van der Waals surface area contributed by atoms with Crippen molar-refractivity contribution in [3.63, 3.8) is 0 Å². The van der Waals surface area contributed by atoms with Crippen LogP contribution in [0.2, 0.25) is 0 Å². The minimum atomic E-state index is -3.98. The smallest absolute Gasteiger partial charge is 0.380 e. The number of hydrogen-bond donors (Lipinski definition) is 1. The number of aliphatic hydroxyl groups excluding tert-OH is 1. The van der Waals surface area contributed by atoms with E-state index >= 15 is 0 Å². The second-order valence-electron chi connectivity index (χ2n) is 3.18. The summed E-state index contributed by atoms with van der Waals surface area (Å²) in [5.41, 5.74) is -0.155. The van der Waals surface area contributed by atoms with Gasteiger partial charge in [-0.25, -0.2) is 9.78 Å². The van der Waals surface area contributed by atoms with Crippen molar-refractivity contribution in [2.75, 3.05) is 6.61 Å². The zero-order valence-corrected chi connectivity index (χ0v) is 8.85. The molecule has 0 aliphatic carbocycles. The molecule has 1 atom stereocenters. The Balaban J connectivity index is 2.92. The summed E-state index contributed by atoms with van der Waals surface area (Å²) in [6.45, 7) is 1.23. The number of esters is 1. The van der Waals surface area contributed by atoms with Gasteiger partial charge >= 0.3 is 11.9 Å². The third-order valence-electron chi connectivity index (χ3n) is 2.03. The largest absolute Gasteiger partial charge is 0.461 e. The van der Waals surface area contributed by atoms with Crippen molar-refractivity contribution in [2.24, 2.45) is 7.05 Å². The average Bonchev–Trinajstić information content (AvgIpc) is 2.63. The lowest BCUT2D eigenvalue weighted by atomic mass is 10.1. The minimum absolute atomic E-state index is 0.155. The van der Waals surface area contributed by atoms with Crippen LogP contribution < -0.4 is 0 Å². The summed E-state index contributed by atoms with van der Waals surface area (Å²) < 4.78 is 32.1. The number of nitrogens with zero attached hydrogens (tertiary/aromatic N) is 2. The van der Waals surface area contributed by atoms with Crippen LogP contribution in [-0.2, 0) is 16.6 Å². The number of aliphatic hydroxyl groups is 1. The monoisotopic (exact) mass is 234 g/mol. The van der Waals surface area contributed by atoms with E-state index in [2.05, 4.69) is 9.72 Å². The minimum Gasteiger partial charge on any atom is -0.461 e. The predicted octanol–water partition coefficient (Wildman–Crippen LogP) is 0.652. The van der Waals surface area contributed by atoms with Crippen molar-refractivity contribution in [1.82, 2.24) is 9.55 Å². The third-order valence-corrected chi connectivity index (χ3v) is 2.03. The van der Waals surface area contributed by atoms with Gasteiger partial charge in [0.1, 0.15) is 0 Å². The van der Waals surface area contributed by atoms with Gasteiger partial charge in [0.05, 0.1) is 24.8 Å². The summed E-state index contributed by atoms with van der Waals surface area (Å²) in [6, 6.07) is 0. The summed E-state index contributed by atoms with van der Waals surface area (Å²) in [6.07, 6.45) is 0.0523. The van der Waals surface area contributed by atoms with Crippen LogP contribution in [-0.4, -0.2) is 33.2 Å². The van der Waals surface area contributed by atoms with Crippen LogP contribution >= 0.6 is 0 Å². The number of imidazole rings is 1. The first-order chi connectivity index (χ1) is 7.41. The molecule has 1 N–H and O–H groups in total. The fraction of sp³-hybridized carbons (Fsp3) is 0.556. The highest BCUT2D eigenvalue weighted by molar-refractivity contribution is 5.78. The maximum atomic E-state index is 13.4. The van der Waals surface area contributed by atoms with E-state index in [9.17, 15) is 18.7 Å². The number of halogens is 2. The molecule has 0 saturated heterocycles. The second-order valence-corrected chi connectivity index (χ2v) is 3.18. The number of alkyl halides is 2. The summed E-state index contributed by atoms with van der Waals surface area (Å²) in [5, 5.41) is 9.40. The molecular weight excluding hydrogens is 222 g/mol. The summed E-state index contributed by atoms with van der Waals surface area (Å²) in [5.74, 6) is -5.73. The van der Waals surface area contributed by atoms with Crippen LogP contribution in [0, 0.1) is 0 Å². The standard InChI is InChI=1S/C9H12F2N2O3/c1-3-16-8(15)9(10,11)7(14)6-4-12-5-13(6)2/h4-5,7,14H,3H2,1-2H3. The van der Waals surface area contributed by atoms with E-state index < -0.39 is 18.0 Å². The predicted molar refractivity (Wildman–Crippen MR) is 49.7 cm³/mol. The van der Waals surface area contributed by atoms with Crippen LogP contribution in [0.3, 0.4) is 0 Å². The van der Waals surface area contributed by atoms with Gasteiger partial charge in [-0.1, -0.05) is 0 Å². The molecule has 0 fully saturated rings. The van der Waals surface area contributed by atoms with Gasteiger partial charge in [0.25, 0.3) is 0 Å². The summed E-state index contributed by atoms with van der Waals surface area (Å²) >= 11 is 0. The molecule has 0 aromatic carbocycles. The topological polar surface area (TPSA) is 64.3 Å². The van der Waals surface area contributed by atoms with Gasteiger partial charge < -0.3 is 14.4 Å². The first-order valence-electron chi connectivity index (χ1n) is 4.60. The number of ether oxygens (including phenoxy) is 1. The lowest BCUT2D eigenvalue weighted by Crippen LogP contribution is -2.38. The molecule has 1 rings (SSSR count). The van der Waals surface area contributed by atoms with Crippen molar-refractivity contribution in [3.05, 3.63) is 18.2 Å². The molecule has 16 heavy (non-hydrogen) atoms. The molecule has 0 bridgehead atoms. The SMILES string of the molecule is CCOC(=O)C(F)(F)C(O)c1cncn1C. The molecule has 7 heteroatoms. The van der Waals surface area contributed by atoms with E-state index in [0.29, 0.717) is 0 Å². The quantitative estimate of drug-likeness (QED) is 0.777. The highest BCUT2D eigenvalue weighted by atomic mass is 19.3. The van der Waals surface area contributed by atoms with Gasteiger partial charge in [-0.2, -0.15) is 8.78 Å². The molecule has 0 saturated carbocycles. The molecular formula is C9H12F2N2O3. The van der Waals surface area contributed by atoms with E-state index in [-0.39, 0.29) is 12.3 Å². The Hall–Kier alpha value is -1.50. The number of aryl methyl sites for hydroxylation is 1. The van der Waals surface area contributed by atoms with Gasteiger partial charge in [-0.05, 0) is 6.92 Å². The van der Waals surface area contributed by atoms with Crippen molar-refractivity contribution in [2.45, 2.75) is 19.0 Å². The average molecular weight is 234 g/mol. The lowest BCUT2D eigenvalue weighted by molar-refractivity contribution is -0.189. The number of aromatic nitrogens is 2. The van der Waals surface area contributed by atoms with Gasteiger partial charge in [-0.15, -0.1) is 0 Å². The van der Waals surface area contributed by atoms with Crippen molar-refractivity contribution < 1.29 is 23.4 Å². The van der Waals surface area contributed by atoms with Crippen molar-refractivity contribution in [3.8, 4) is 0 Å². The van der Waals surface area contributed by atoms with E-state index in [1.54, 1.807) is 0 Å². The molecule has 90 valence electrons. The lowest BCUT2D eigenvalue weighted by Gasteiger charge is -2.20. The van der Waals surface area contributed by atoms with E-state index in [1.807, 2.05) is 0 Å². The number of rotatable bonds is 4. The Labute approximate surface area is 90.7 Å². The molecule has 0 radical (unpaired) electrons. The van der Waals surface area contributed by atoms with Crippen LogP contribution in [0.1, 0.15) is 18.7 Å². The Kier molecular flexibility index (Phi) is 3.58. The number of hydrogen-bond acceptors (Lipinski definition) is 4. The number of carbonyl (C=O) groups excluding carboxylic acids is 1. The zero-order valence-electron chi connectivity index (χ0n) is 8.85. The first kappa shape index (κ1) is 12.6. The highest BCUT2D eigenvalue weighted by Gasteiger charge is 2.50. The molecule has 1 unspecified atom stereocenters. The van der Waals surface area contributed by atoms with Gasteiger partial charge in [-0.3, -0.25) is 0 Å². The van der Waals surface area contributed by atoms with Gasteiger partial charge in [0, 0.05) is 7.05 Å². The van der Waals surface area contributed by atoms with Gasteiger partial charge in [0.15, 0.2) is 6.10 Å². The Bertz CT molecular complexity index is 379. The Morgan fingerprint density at radius 1 is 1.75 bits per heavy atom. The Morgan fingerprint density at radius 2 is 2.38 bits per heavy atom. The number of carbonyl (C=O) groups is 1. The van der Waals surface area contributed by atoms with Crippen LogP contribution in [0.5, 0.6) is 0 Å². The highest BCUT2D eigenvalue weighted by Crippen LogP contribution is 2.31. The van der Waals surface area contributed by atoms with E-state index in [0.717, 1.165) is 6.20 Å². The fourth-order valence-electron chi connectivity index (χ4n) is 1.16. The van der Waals surface area contributed by atoms with Crippen molar-refractivity contribution in [1.29, 1.82) is 0 Å². The molecule has 0 amide bonds. The molecule has 1 aromatic rings.